The van der Waals surface area contributed by atoms with Gasteiger partial charge in [-0.2, -0.15) is 0 Å². The van der Waals surface area contributed by atoms with Crippen molar-refractivity contribution in [2.75, 3.05) is 0 Å². The number of carbonyl (C=O) groups excluding carboxylic acids is 1. The number of carbonyl (C=O) groups is 1. The third kappa shape index (κ3) is 9.30. The van der Waals surface area contributed by atoms with Crippen LogP contribution in [0.25, 0.3) is 22.5 Å². The van der Waals surface area contributed by atoms with Crippen LogP contribution in [-0.4, -0.2) is 40.1 Å². The molecule has 1 heterocycles. The Morgan fingerprint density at radius 3 is 2.17 bits per heavy atom. The molecular weight excluding hydrogens is 529 g/mol. The van der Waals surface area contributed by atoms with Crippen molar-refractivity contribution in [3.8, 4) is 34.0 Å². The van der Waals surface area contributed by atoms with Crippen LogP contribution in [0.15, 0.2) is 60.9 Å². The van der Waals surface area contributed by atoms with Crippen LogP contribution in [0, 0.1) is 0 Å². The van der Waals surface area contributed by atoms with Crippen LogP contribution >= 0.6 is 0 Å². The molecule has 5 nitrogen and oxygen atoms in total. The van der Waals surface area contributed by atoms with Crippen LogP contribution < -0.4 is 9.47 Å². The fraction of sp³-hybridized carbons (Fsp3) is 0.485. The maximum absolute atomic E-state index is 14.9. The van der Waals surface area contributed by atoms with E-state index in [1.165, 1.54) is 20.3 Å². The van der Waals surface area contributed by atoms with E-state index in [4.69, 9.17) is 9.47 Å². The molecule has 41 heavy (non-hydrogen) atoms. The average Bonchev–Trinajstić information content (AvgIpc) is 2.98. The Morgan fingerprint density at radius 1 is 0.902 bits per heavy atom. The summed E-state index contributed by atoms with van der Waals surface area (Å²) in [5, 5.41) is 0. The third-order valence-electron chi connectivity index (χ3n) is 7.18. The quantitative estimate of drug-likeness (QED) is 0.0977. The second-order valence-electron chi connectivity index (χ2n) is 10.6. The van der Waals surface area contributed by atoms with Gasteiger partial charge in [-0.05, 0) is 62.9 Å². The number of alkyl halides is 3. The summed E-state index contributed by atoms with van der Waals surface area (Å²) >= 11 is 0. The maximum atomic E-state index is 14.9. The van der Waals surface area contributed by atoms with E-state index in [-0.39, 0.29) is 12.2 Å². The monoisotopic (exact) mass is 570 g/mol. The Labute approximate surface area is 241 Å². The Morgan fingerprint density at radius 2 is 1.54 bits per heavy atom. The van der Waals surface area contributed by atoms with E-state index < -0.39 is 30.1 Å². The molecule has 1 aromatic heterocycles. The van der Waals surface area contributed by atoms with Crippen molar-refractivity contribution in [3.05, 3.63) is 60.9 Å². The number of unbranched alkanes of at least 4 members (excludes halogenated alkanes) is 5. The number of hydrogen-bond acceptors (Lipinski definition) is 5. The molecule has 0 N–H and O–H groups in total. The van der Waals surface area contributed by atoms with E-state index >= 15 is 0 Å². The SMILES string of the molecule is CCCCCCCCC(Oc1ccccc1-c1ncc(-c2ccc(OC(=O)C(C)(F)CC)cc2)cn1)C(F)C(C)F. The first-order valence-electron chi connectivity index (χ1n) is 14.5. The molecule has 8 heteroatoms. The molecule has 0 aliphatic heterocycles. The highest BCUT2D eigenvalue weighted by Gasteiger charge is 2.33. The lowest BCUT2D eigenvalue weighted by Gasteiger charge is -2.24. The van der Waals surface area contributed by atoms with Crippen LogP contribution in [0.4, 0.5) is 13.2 Å². The van der Waals surface area contributed by atoms with Crippen molar-refractivity contribution in [3.63, 3.8) is 0 Å². The Bertz CT molecular complexity index is 1220. The number of esters is 1. The van der Waals surface area contributed by atoms with Gasteiger partial charge in [0.15, 0.2) is 12.0 Å². The van der Waals surface area contributed by atoms with Crippen molar-refractivity contribution < 1.29 is 27.4 Å². The van der Waals surface area contributed by atoms with Crippen molar-refractivity contribution in [1.29, 1.82) is 0 Å². The number of rotatable bonds is 16. The van der Waals surface area contributed by atoms with E-state index in [0.29, 0.717) is 29.1 Å². The Balaban J connectivity index is 1.72. The summed E-state index contributed by atoms with van der Waals surface area (Å²) in [5.74, 6) is 0.0934. The molecule has 3 aromatic rings. The number of hydrogen-bond donors (Lipinski definition) is 0. The second kappa shape index (κ2) is 15.5. The number of benzene rings is 2. The van der Waals surface area contributed by atoms with Crippen LogP contribution in [-0.2, 0) is 4.79 Å². The summed E-state index contributed by atoms with van der Waals surface area (Å²) in [6, 6.07) is 13.7. The van der Waals surface area contributed by atoms with Crippen LogP contribution in [0.1, 0.15) is 79.1 Å². The molecule has 0 saturated carbocycles. The minimum Gasteiger partial charge on any atom is -0.487 e. The predicted molar refractivity (Wildman–Crippen MR) is 156 cm³/mol. The summed E-state index contributed by atoms with van der Waals surface area (Å²) in [4.78, 5) is 21.0. The van der Waals surface area contributed by atoms with Gasteiger partial charge in [0.05, 0.1) is 5.56 Å². The third-order valence-corrected chi connectivity index (χ3v) is 7.18. The van der Waals surface area contributed by atoms with Gasteiger partial charge in [0.1, 0.15) is 23.8 Å². The Hall–Kier alpha value is -3.42. The molecule has 222 valence electrons. The van der Waals surface area contributed by atoms with Gasteiger partial charge in [0.25, 0.3) is 0 Å². The van der Waals surface area contributed by atoms with Crippen molar-refractivity contribution in [1.82, 2.24) is 9.97 Å². The molecule has 0 fully saturated rings. The number of para-hydroxylation sites is 1. The summed E-state index contributed by atoms with van der Waals surface area (Å²) in [6.07, 6.45) is 5.69. The molecule has 2 aromatic carbocycles. The predicted octanol–water partition coefficient (Wildman–Crippen LogP) is 9.05. The lowest BCUT2D eigenvalue weighted by Crippen LogP contribution is -2.34. The number of halogens is 3. The zero-order chi connectivity index (χ0) is 29.8. The lowest BCUT2D eigenvalue weighted by atomic mass is 10.0. The van der Waals surface area contributed by atoms with Crippen LogP contribution in [0.5, 0.6) is 11.5 Å². The topological polar surface area (TPSA) is 61.3 Å². The molecular formula is C33H41F3N2O3. The fourth-order valence-corrected chi connectivity index (χ4v) is 4.31. The molecule has 0 amide bonds. The van der Waals surface area contributed by atoms with E-state index in [2.05, 4.69) is 16.9 Å². The van der Waals surface area contributed by atoms with E-state index in [9.17, 15) is 18.0 Å². The normalized spacial score (nSPS) is 15.0. The van der Waals surface area contributed by atoms with E-state index in [0.717, 1.165) is 37.7 Å². The highest BCUT2D eigenvalue weighted by Crippen LogP contribution is 2.32. The molecule has 0 bridgehead atoms. The zero-order valence-corrected chi connectivity index (χ0v) is 24.4. The van der Waals surface area contributed by atoms with Crippen molar-refractivity contribution >= 4 is 5.97 Å². The molecule has 4 unspecified atom stereocenters. The maximum Gasteiger partial charge on any atom is 0.348 e. The number of aromatic nitrogens is 2. The number of nitrogens with zero attached hydrogens (tertiary/aromatic N) is 2. The van der Waals surface area contributed by atoms with Crippen LogP contribution in [0.3, 0.4) is 0 Å². The standard InChI is InChI=1S/C33H41F3N2O3/c1-5-7-8-9-10-11-16-29(30(35)23(3)34)41-28-15-13-12-14-27(28)31-37-21-25(22-38-31)24-17-19-26(20-18-24)40-32(39)33(4,36)6-2/h12-15,17-23,29-30H,5-11,16H2,1-4H3. The molecule has 0 spiro atoms. The van der Waals surface area contributed by atoms with Gasteiger partial charge in [0.2, 0.25) is 5.67 Å². The first kappa shape index (κ1) is 32.1. The summed E-state index contributed by atoms with van der Waals surface area (Å²) < 4.78 is 54.3. The summed E-state index contributed by atoms with van der Waals surface area (Å²) in [7, 11) is 0. The molecule has 4 atom stereocenters. The average molecular weight is 571 g/mol. The van der Waals surface area contributed by atoms with Crippen molar-refractivity contribution in [2.45, 2.75) is 103 Å². The molecule has 0 aliphatic rings. The highest BCUT2D eigenvalue weighted by molar-refractivity contribution is 5.81. The van der Waals surface area contributed by atoms with Gasteiger partial charge >= 0.3 is 5.97 Å². The first-order valence-corrected chi connectivity index (χ1v) is 14.5. The van der Waals surface area contributed by atoms with Crippen LogP contribution in [0.2, 0.25) is 0 Å². The lowest BCUT2D eigenvalue weighted by molar-refractivity contribution is -0.146. The zero-order valence-electron chi connectivity index (χ0n) is 24.4. The molecule has 0 aliphatic carbocycles. The molecule has 3 rings (SSSR count). The minimum atomic E-state index is -2.05. The van der Waals surface area contributed by atoms with Gasteiger partial charge in [-0.3, -0.25) is 0 Å². The fourth-order valence-electron chi connectivity index (χ4n) is 4.31. The van der Waals surface area contributed by atoms with Gasteiger partial charge in [0, 0.05) is 18.0 Å². The smallest absolute Gasteiger partial charge is 0.348 e. The summed E-state index contributed by atoms with van der Waals surface area (Å²) in [6.45, 7) is 6.15. The highest BCUT2D eigenvalue weighted by atomic mass is 19.2. The van der Waals surface area contributed by atoms with Gasteiger partial charge in [-0.15, -0.1) is 0 Å². The number of ether oxygens (including phenoxy) is 2. The van der Waals surface area contributed by atoms with E-state index in [1.807, 2.05) is 6.07 Å². The van der Waals surface area contributed by atoms with Gasteiger partial charge < -0.3 is 9.47 Å². The van der Waals surface area contributed by atoms with E-state index in [1.54, 1.807) is 61.8 Å². The Kier molecular flexibility index (Phi) is 12.2. The molecule has 0 radical (unpaired) electrons. The van der Waals surface area contributed by atoms with Gasteiger partial charge in [-0.1, -0.05) is 70.2 Å². The summed E-state index contributed by atoms with van der Waals surface area (Å²) in [5.41, 5.74) is 0.0185. The van der Waals surface area contributed by atoms with Crippen molar-refractivity contribution in [2.24, 2.45) is 0 Å². The second-order valence-corrected chi connectivity index (χ2v) is 10.6. The van der Waals surface area contributed by atoms with Gasteiger partial charge in [-0.25, -0.2) is 27.9 Å². The first-order chi connectivity index (χ1) is 19.7. The largest absolute Gasteiger partial charge is 0.487 e. The molecule has 0 saturated heterocycles. The minimum absolute atomic E-state index is 0.0187.